The minimum Gasteiger partial charge on any atom is -0.443 e. The predicted octanol–water partition coefficient (Wildman–Crippen LogP) is 4.43. The number of hydrogen-bond donors (Lipinski definition) is 0. The Balaban J connectivity index is 1.69. The molecule has 5 rings (SSSR count). The highest BCUT2D eigenvalue weighted by Gasteiger charge is 2.52. The largest absolute Gasteiger partial charge is 0.494 e. The zero-order valence-corrected chi connectivity index (χ0v) is 16.7. The molecule has 0 spiro atoms. The minimum absolute atomic E-state index is 0.0832. The van der Waals surface area contributed by atoms with Crippen molar-refractivity contribution in [3.05, 3.63) is 47.9 Å². The molecule has 1 aliphatic heterocycles. The normalized spacial score (nSPS) is 21.5. The van der Waals surface area contributed by atoms with Gasteiger partial charge in [-0.15, -0.1) is 0 Å². The van der Waals surface area contributed by atoms with Crippen LogP contribution in [0.2, 0.25) is 0 Å². The summed E-state index contributed by atoms with van der Waals surface area (Å²) in [6.07, 6.45) is 1.52. The summed E-state index contributed by atoms with van der Waals surface area (Å²) in [5, 5.41) is 0. The minimum atomic E-state index is -0.374. The molecule has 27 heavy (non-hydrogen) atoms. The molecule has 1 saturated heterocycles. The van der Waals surface area contributed by atoms with Gasteiger partial charge in [0.1, 0.15) is 5.52 Å². The molecule has 0 unspecified atom stereocenters. The average molecular weight is 361 g/mol. The van der Waals surface area contributed by atoms with Gasteiger partial charge in [0, 0.05) is 11.0 Å². The number of benzene rings is 2. The summed E-state index contributed by atoms with van der Waals surface area (Å²) in [6.45, 7) is 12.8. The van der Waals surface area contributed by atoms with Gasteiger partial charge < -0.3 is 13.7 Å². The van der Waals surface area contributed by atoms with Crippen LogP contribution in [0.4, 0.5) is 0 Å². The highest BCUT2D eigenvalue weighted by Crippen LogP contribution is 2.51. The Hall–Kier alpha value is -2.11. The lowest BCUT2D eigenvalue weighted by atomic mass is 9.76. The average Bonchev–Trinajstić information content (AvgIpc) is 3.21. The molecule has 2 heterocycles. The molecule has 0 bridgehead atoms. The SMILES string of the molecule is CC1(C)c2ccc(B3OC(C)(C)C(C)(C)O3)cc2-c2c1ccc1ncoc21. The maximum absolute atomic E-state index is 6.26. The third kappa shape index (κ3) is 2.16. The maximum Gasteiger partial charge on any atom is 0.494 e. The lowest BCUT2D eigenvalue weighted by Gasteiger charge is -2.32. The van der Waals surface area contributed by atoms with Crippen molar-refractivity contribution >= 4 is 23.7 Å². The molecule has 5 heteroatoms. The molecule has 1 aliphatic carbocycles. The van der Waals surface area contributed by atoms with Crippen LogP contribution in [0.1, 0.15) is 52.7 Å². The van der Waals surface area contributed by atoms with Crippen molar-refractivity contribution in [1.82, 2.24) is 4.98 Å². The molecule has 0 saturated carbocycles. The monoisotopic (exact) mass is 361 g/mol. The van der Waals surface area contributed by atoms with E-state index < -0.39 is 0 Å². The van der Waals surface area contributed by atoms with Gasteiger partial charge >= 0.3 is 7.12 Å². The third-order valence-corrected chi connectivity index (χ3v) is 6.68. The van der Waals surface area contributed by atoms with Crippen LogP contribution >= 0.6 is 0 Å². The third-order valence-electron chi connectivity index (χ3n) is 6.68. The fourth-order valence-corrected chi connectivity index (χ4v) is 4.30. The first kappa shape index (κ1) is 17.0. The predicted molar refractivity (Wildman–Crippen MR) is 107 cm³/mol. The first-order valence-electron chi connectivity index (χ1n) is 9.49. The number of hydrogen-bond acceptors (Lipinski definition) is 4. The van der Waals surface area contributed by atoms with Gasteiger partial charge in [0.2, 0.25) is 0 Å². The van der Waals surface area contributed by atoms with Crippen molar-refractivity contribution in [3.63, 3.8) is 0 Å². The van der Waals surface area contributed by atoms with Gasteiger partial charge in [-0.1, -0.05) is 38.1 Å². The lowest BCUT2D eigenvalue weighted by Crippen LogP contribution is -2.41. The molecule has 0 amide bonds. The molecule has 0 atom stereocenters. The molecule has 2 aromatic carbocycles. The smallest absolute Gasteiger partial charge is 0.443 e. The number of nitrogens with zero attached hydrogens (tertiary/aromatic N) is 1. The Kier molecular flexibility index (Phi) is 3.17. The van der Waals surface area contributed by atoms with Crippen molar-refractivity contribution in [3.8, 4) is 11.1 Å². The van der Waals surface area contributed by atoms with Gasteiger partial charge in [-0.25, -0.2) is 4.98 Å². The highest BCUT2D eigenvalue weighted by atomic mass is 16.7. The summed E-state index contributed by atoms with van der Waals surface area (Å²) in [4.78, 5) is 4.34. The second-order valence-corrected chi connectivity index (χ2v) is 9.21. The zero-order chi connectivity index (χ0) is 19.2. The standard InChI is InChI=1S/C22H24BNO3/c1-20(2)15-8-7-13(23-26-21(3,4)22(5,6)27-23)11-14(15)18-16(20)9-10-17-19(18)25-12-24-17/h7-12H,1-6H3. The second kappa shape index (κ2) is 5.03. The topological polar surface area (TPSA) is 44.5 Å². The summed E-state index contributed by atoms with van der Waals surface area (Å²) in [7, 11) is -0.374. The van der Waals surface area contributed by atoms with Gasteiger partial charge in [-0.05, 0) is 55.9 Å². The van der Waals surface area contributed by atoms with E-state index in [0.29, 0.717) is 0 Å². The van der Waals surface area contributed by atoms with Crippen molar-refractivity contribution in [2.24, 2.45) is 0 Å². The van der Waals surface area contributed by atoms with Crippen molar-refractivity contribution in [1.29, 1.82) is 0 Å². The van der Waals surface area contributed by atoms with E-state index in [1.807, 2.05) is 6.07 Å². The van der Waals surface area contributed by atoms with Crippen LogP contribution in [0.25, 0.3) is 22.2 Å². The van der Waals surface area contributed by atoms with Gasteiger partial charge in [0.15, 0.2) is 12.0 Å². The molecule has 2 aliphatic rings. The van der Waals surface area contributed by atoms with Crippen LogP contribution in [0.15, 0.2) is 41.1 Å². The Bertz CT molecular complexity index is 1060. The molecular formula is C22H24BNO3. The van der Waals surface area contributed by atoms with Crippen molar-refractivity contribution in [2.75, 3.05) is 0 Å². The van der Waals surface area contributed by atoms with E-state index in [4.69, 9.17) is 13.7 Å². The van der Waals surface area contributed by atoms with Crippen LogP contribution in [-0.2, 0) is 14.7 Å². The number of fused-ring (bicyclic) bond motifs is 5. The summed E-state index contributed by atoms with van der Waals surface area (Å²) in [5.74, 6) is 0. The van der Waals surface area contributed by atoms with E-state index in [1.165, 1.54) is 23.1 Å². The molecule has 4 nitrogen and oxygen atoms in total. The molecule has 0 N–H and O–H groups in total. The van der Waals surface area contributed by atoms with Crippen LogP contribution < -0.4 is 5.46 Å². The van der Waals surface area contributed by atoms with Crippen molar-refractivity contribution in [2.45, 2.75) is 58.2 Å². The van der Waals surface area contributed by atoms with Gasteiger partial charge in [0.25, 0.3) is 0 Å². The van der Waals surface area contributed by atoms with E-state index >= 15 is 0 Å². The van der Waals surface area contributed by atoms with E-state index in [9.17, 15) is 0 Å². The first-order valence-corrected chi connectivity index (χ1v) is 9.49. The maximum atomic E-state index is 6.26. The Morgan fingerprint density at radius 3 is 2.22 bits per heavy atom. The Morgan fingerprint density at radius 1 is 0.852 bits per heavy atom. The van der Waals surface area contributed by atoms with E-state index in [-0.39, 0.29) is 23.7 Å². The quantitative estimate of drug-likeness (QED) is 0.602. The fourth-order valence-electron chi connectivity index (χ4n) is 4.30. The number of oxazole rings is 1. The summed E-state index contributed by atoms with van der Waals surface area (Å²) < 4.78 is 18.3. The van der Waals surface area contributed by atoms with Gasteiger partial charge in [-0.3, -0.25) is 0 Å². The van der Waals surface area contributed by atoms with E-state index in [1.54, 1.807) is 0 Å². The van der Waals surface area contributed by atoms with Gasteiger partial charge in [0.05, 0.1) is 11.2 Å². The van der Waals surface area contributed by atoms with E-state index in [2.05, 4.69) is 70.8 Å². The summed E-state index contributed by atoms with van der Waals surface area (Å²) >= 11 is 0. The lowest BCUT2D eigenvalue weighted by molar-refractivity contribution is 0.00578. The fraction of sp³-hybridized carbons (Fsp3) is 0.409. The molecule has 0 radical (unpaired) electrons. The second-order valence-electron chi connectivity index (χ2n) is 9.21. The Labute approximate surface area is 160 Å². The molecular weight excluding hydrogens is 337 g/mol. The van der Waals surface area contributed by atoms with Crippen LogP contribution in [-0.4, -0.2) is 23.3 Å². The van der Waals surface area contributed by atoms with Crippen LogP contribution in [0.3, 0.4) is 0 Å². The summed E-state index contributed by atoms with van der Waals surface area (Å²) in [6, 6.07) is 10.8. The Morgan fingerprint density at radius 2 is 1.52 bits per heavy atom. The molecule has 3 aromatic rings. The highest BCUT2D eigenvalue weighted by molar-refractivity contribution is 6.62. The van der Waals surface area contributed by atoms with Crippen LogP contribution in [0, 0.1) is 0 Å². The van der Waals surface area contributed by atoms with E-state index in [0.717, 1.165) is 22.1 Å². The number of rotatable bonds is 1. The first-order chi connectivity index (χ1) is 12.6. The molecule has 138 valence electrons. The summed E-state index contributed by atoms with van der Waals surface area (Å²) in [5.41, 5.74) is 6.87. The molecule has 1 aromatic heterocycles. The van der Waals surface area contributed by atoms with Crippen molar-refractivity contribution < 1.29 is 13.7 Å². The van der Waals surface area contributed by atoms with Crippen LogP contribution in [0.5, 0.6) is 0 Å². The number of aromatic nitrogens is 1. The molecule has 1 fully saturated rings. The zero-order valence-electron chi connectivity index (χ0n) is 16.7. The van der Waals surface area contributed by atoms with Gasteiger partial charge in [-0.2, -0.15) is 0 Å².